The topological polar surface area (TPSA) is 107 Å². The fourth-order valence-electron chi connectivity index (χ4n) is 5.70. The van der Waals surface area contributed by atoms with Crippen LogP contribution in [0.2, 0.25) is 0 Å². The van der Waals surface area contributed by atoms with E-state index in [1.807, 2.05) is 37.3 Å². The van der Waals surface area contributed by atoms with Gasteiger partial charge in [-0.3, -0.25) is 0 Å². The molecule has 0 radical (unpaired) electrons. The Labute approximate surface area is 261 Å². The Morgan fingerprint density at radius 3 is 2.50 bits per heavy atom. The second-order valence-electron chi connectivity index (χ2n) is 11.1. The number of aromatic nitrogens is 4. The van der Waals surface area contributed by atoms with Gasteiger partial charge in [-0.05, 0) is 92.3 Å². The maximum atomic E-state index is 11.8. The van der Waals surface area contributed by atoms with Crippen molar-refractivity contribution in [3.05, 3.63) is 88.1 Å². The zero-order valence-electron chi connectivity index (χ0n) is 25.0. The minimum atomic E-state index is -2.92. The minimum Gasteiger partial charge on any atom is -0.490 e. The molecule has 0 unspecified atom stereocenters. The molecule has 5 aromatic rings. The number of fused-ring (bicyclic) bond motifs is 1. The number of ether oxygens (including phenoxy) is 2. The Kier molecular flexibility index (Phi) is 8.69. The molecule has 3 aromatic carbocycles. The summed E-state index contributed by atoms with van der Waals surface area (Å²) >= 11 is 1.79. The number of aromatic amines is 1. The molecule has 10 heteroatoms. The van der Waals surface area contributed by atoms with Crippen molar-refractivity contribution < 1.29 is 17.9 Å². The predicted molar refractivity (Wildman–Crippen MR) is 174 cm³/mol. The van der Waals surface area contributed by atoms with Gasteiger partial charge in [0.1, 0.15) is 24.2 Å². The van der Waals surface area contributed by atoms with E-state index in [4.69, 9.17) is 9.47 Å². The largest absolute Gasteiger partial charge is 0.490 e. The highest BCUT2D eigenvalue weighted by molar-refractivity contribution is 7.91. The number of rotatable bonds is 9. The standard InChI is InChI=1S/C34H34N4O4S2/c1-4-5-26(20-33-35-37-38-36-33)25-7-9-27(10-8-25)41-21-24-6-13-32-31(19-24)34(23(3)43-32)30-12-11-29(18-22(30)2)42-28-14-16-44(39,40)17-15-28/h6-13,18-19,26,28H,14-17,20-21H2,1-3H3,(H,35,36,37,38)/t26-/m0/s1. The van der Waals surface area contributed by atoms with Crippen LogP contribution in [0.15, 0.2) is 60.7 Å². The van der Waals surface area contributed by atoms with Crippen molar-refractivity contribution in [2.75, 3.05) is 11.5 Å². The first-order valence-electron chi connectivity index (χ1n) is 14.7. The van der Waals surface area contributed by atoms with Gasteiger partial charge in [-0.2, -0.15) is 5.21 Å². The van der Waals surface area contributed by atoms with Crippen LogP contribution in [-0.2, 0) is 22.9 Å². The van der Waals surface area contributed by atoms with Gasteiger partial charge < -0.3 is 9.47 Å². The number of sulfone groups is 1. The van der Waals surface area contributed by atoms with E-state index in [0.29, 0.717) is 31.7 Å². The summed E-state index contributed by atoms with van der Waals surface area (Å²) < 4.78 is 37.2. The number of thiophene rings is 1. The fraction of sp³-hybridized carbons (Fsp3) is 0.324. The molecule has 1 fully saturated rings. The highest BCUT2D eigenvalue weighted by Crippen LogP contribution is 2.41. The summed E-state index contributed by atoms with van der Waals surface area (Å²) in [6, 6.07) is 20.8. The van der Waals surface area contributed by atoms with Crippen LogP contribution in [0.3, 0.4) is 0 Å². The minimum absolute atomic E-state index is 0.0236. The van der Waals surface area contributed by atoms with Crippen LogP contribution >= 0.6 is 11.3 Å². The second kappa shape index (κ2) is 12.8. The first kappa shape index (κ1) is 29.9. The fourth-order valence-corrected chi connectivity index (χ4v) is 8.21. The molecule has 6 rings (SSSR count). The first-order valence-corrected chi connectivity index (χ1v) is 17.3. The van der Waals surface area contributed by atoms with Crippen LogP contribution in [0, 0.1) is 25.7 Å². The summed E-state index contributed by atoms with van der Waals surface area (Å²) in [5.41, 5.74) is 5.70. The second-order valence-corrected chi connectivity index (χ2v) is 14.7. The molecular formula is C34H34N4O4S2. The molecule has 0 spiro atoms. The van der Waals surface area contributed by atoms with E-state index < -0.39 is 9.84 Å². The third-order valence-corrected chi connectivity index (χ3v) is 10.8. The number of aryl methyl sites for hydroxylation is 2. The van der Waals surface area contributed by atoms with E-state index in [2.05, 4.69) is 76.6 Å². The average molecular weight is 627 g/mol. The van der Waals surface area contributed by atoms with Crippen molar-refractivity contribution in [2.24, 2.45) is 0 Å². The summed E-state index contributed by atoms with van der Waals surface area (Å²) in [6.45, 7) is 6.55. The molecule has 0 amide bonds. The lowest BCUT2D eigenvalue weighted by Gasteiger charge is -2.23. The number of benzene rings is 3. The SMILES string of the molecule is CC#C[C@@H](Cc1nn[nH]n1)c1ccc(OCc2ccc3sc(C)c(-c4ccc(OC5CCS(=O)(=O)CC5)cc4C)c3c2)cc1. The molecule has 44 heavy (non-hydrogen) atoms. The molecule has 226 valence electrons. The first-order chi connectivity index (χ1) is 21.3. The Morgan fingerprint density at radius 2 is 1.80 bits per heavy atom. The van der Waals surface area contributed by atoms with Crippen molar-refractivity contribution in [1.29, 1.82) is 0 Å². The van der Waals surface area contributed by atoms with Gasteiger partial charge in [0.05, 0.1) is 17.4 Å². The molecule has 0 aliphatic carbocycles. The lowest BCUT2D eigenvalue weighted by molar-refractivity contribution is 0.189. The van der Waals surface area contributed by atoms with Crippen molar-refractivity contribution in [3.8, 4) is 34.5 Å². The number of tetrazole rings is 1. The zero-order chi connectivity index (χ0) is 30.7. The van der Waals surface area contributed by atoms with Gasteiger partial charge in [-0.1, -0.05) is 35.4 Å². The lowest BCUT2D eigenvalue weighted by Crippen LogP contribution is -2.30. The van der Waals surface area contributed by atoms with Crippen molar-refractivity contribution in [3.63, 3.8) is 0 Å². The predicted octanol–water partition coefficient (Wildman–Crippen LogP) is 6.58. The van der Waals surface area contributed by atoms with Crippen LogP contribution in [0.25, 0.3) is 21.2 Å². The third-order valence-electron chi connectivity index (χ3n) is 7.98. The number of hydrogen-bond donors (Lipinski definition) is 1. The number of H-pyrrole nitrogens is 1. The third kappa shape index (κ3) is 6.79. The maximum Gasteiger partial charge on any atom is 0.176 e. The van der Waals surface area contributed by atoms with Crippen LogP contribution in [0.4, 0.5) is 0 Å². The summed E-state index contributed by atoms with van der Waals surface area (Å²) in [4.78, 5) is 1.26. The van der Waals surface area contributed by atoms with Crippen LogP contribution in [0.1, 0.15) is 53.1 Å². The highest BCUT2D eigenvalue weighted by Gasteiger charge is 2.25. The van der Waals surface area contributed by atoms with Gasteiger partial charge in [-0.25, -0.2) is 8.42 Å². The van der Waals surface area contributed by atoms with E-state index in [1.165, 1.54) is 26.1 Å². The quantitative estimate of drug-likeness (QED) is 0.184. The number of hydrogen-bond acceptors (Lipinski definition) is 8. The van der Waals surface area contributed by atoms with Gasteiger partial charge >= 0.3 is 0 Å². The smallest absolute Gasteiger partial charge is 0.176 e. The molecule has 1 atom stereocenters. The molecular weight excluding hydrogens is 593 g/mol. The van der Waals surface area contributed by atoms with Crippen molar-refractivity contribution >= 4 is 31.3 Å². The number of nitrogens with zero attached hydrogens (tertiary/aromatic N) is 3. The zero-order valence-corrected chi connectivity index (χ0v) is 26.6. The Balaban J connectivity index is 1.16. The molecule has 1 N–H and O–H groups in total. The molecule has 2 aromatic heterocycles. The Bertz CT molecular complexity index is 1930. The van der Waals surface area contributed by atoms with Crippen molar-refractivity contribution in [1.82, 2.24) is 20.6 Å². The van der Waals surface area contributed by atoms with E-state index in [-0.39, 0.29) is 23.5 Å². The molecule has 8 nitrogen and oxygen atoms in total. The monoisotopic (exact) mass is 626 g/mol. The summed E-state index contributed by atoms with van der Waals surface area (Å²) in [5, 5.41) is 15.5. The number of nitrogens with one attached hydrogen (secondary N) is 1. The van der Waals surface area contributed by atoms with Gasteiger partial charge in [0.25, 0.3) is 0 Å². The van der Waals surface area contributed by atoms with Gasteiger partial charge in [0.15, 0.2) is 15.7 Å². The van der Waals surface area contributed by atoms with Crippen LogP contribution in [0.5, 0.6) is 11.5 Å². The van der Waals surface area contributed by atoms with E-state index in [0.717, 1.165) is 28.2 Å². The molecule has 0 bridgehead atoms. The maximum absolute atomic E-state index is 11.8. The highest BCUT2D eigenvalue weighted by atomic mass is 32.2. The molecule has 3 heterocycles. The van der Waals surface area contributed by atoms with Gasteiger partial charge in [-0.15, -0.1) is 27.5 Å². The van der Waals surface area contributed by atoms with Crippen LogP contribution in [-0.4, -0.2) is 46.7 Å². The molecule has 1 aliphatic rings. The summed E-state index contributed by atoms with van der Waals surface area (Å²) in [6.07, 6.45) is 1.61. The van der Waals surface area contributed by atoms with Crippen molar-refractivity contribution in [2.45, 2.75) is 58.7 Å². The molecule has 1 saturated heterocycles. The average Bonchev–Trinajstić information content (AvgIpc) is 3.64. The Hall–Kier alpha value is -4.20. The Morgan fingerprint density at radius 1 is 1.02 bits per heavy atom. The lowest BCUT2D eigenvalue weighted by atomic mass is 9.96. The molecule has 1 aliphatic heterocycles. The molecule has 0 saturated carbocycles. The van der Waals surface area contributed by atoms with E-state index in [9.17, 15) is 8.42 Å². The van der Waals surface area contributed by atoms with Gasteiger partial charge in [0, 0.05) is 26.9 Å². The van der Waals surface area contributed by atoms with Gasteiger partial charge in [0.2, 0.25) is 0 Å². The van der Waals surface area contributed by atoms with E-state index in [1.54, 1.807) is 11.3 Å². The summed E-state index contributed by atoms with van der Waals surface area (Å²) in [7, 11) is -2.92. The van der Waals surface area contributed by atoms with Crippen LogP contribution < -0.4 is 9.47 Å². The van der Waals surface area contributed by atoms with E-state index >= 15 is 0 Å². The summed E-state index contributed by atoms with van der Waals surface area (Å²) in [5.74, 6) is 8.83. The normalized spacial score (nSPS) is 15.4.